The Morgan fingerprint density at radius 1 is 1.08 bits per heavy atom. The fourth-order valence-electron chi connectivity index (χ4n) is 2.89. The number of carboxylic acids is 1. The minimum absolute atomic E-state index is 0.357. The first kappa shape index (κ1) is 19.0. The molecule has 0 fully saturated rings. The minimum atomic E-state index is -0.936. The van der Waals surface area contributed by atoms with Gasteiger partial charge in [0.15, 0.2) is 6.10 Å². The number of carbonyl (C=O) groups is 1. The molecule has 2 aromatic carbocycles. The molecule has 0 bridgehead atoms. The molecule has 0 aliphatic carbocycles. The van der Waals surface area contributed by atoms with Gasteiger partial charge in [-0.2, -0.15) is 0 Å². The van der Waals surface area contributed by atoms with Crippen LogP contribution in [0.15, 0.2) is 36.4 Å². The molecule has 1 atom stereocenters. The van der Waals surface area contributed by atoms with Crippen LogP contribution in [0, 0.1) is 20.8 Å². The summed E-state index contributed by atoms with van der Waals surface area (Å²) in [6.07, 6.45) is 2.88. The first-order valence-corrected chi connectivity index (χ1v) is 8.95. The Kier molecular flexibility index (Phi) is 6.63. The number of carboxylic acid groups (broad SMARTS) is 1. The van der Waals surface area contributed by atoms with E-state index in [-0.39, 0.29) is 0 Å². The van der Waals surface area contributed by atoms with E-state index in [1.165, 1.54) is 18.4 Å². The topological polar surface area (TPSA) is 46.5 Å². The Labute approximate surface area is 150 Å². The summed E-state index contributed by atoms with van der Waals surface area (Å²) in [5.74, 6) is -0.280. The van der Waals surface area contributed by atoms with Gasteiger partial charge in [-0.15, -0.1) is 0 Å². The molecule has 2 rings (SSSR count). The molecule has 25 heavy (non-hydrogen) atoms. The maximum atomic E-state index is 11.7. The van der Waals surface area contributed by atoms with Crippen LogP contribution in [0.2, 0.25) is 0 Å². The lowest BCUT2D eigenvalue weighted by molar-refractivity contribution is -0.145. The summed E-state index contributed by atoms with van der Waals surface area (Å²) in [5, 5.41) is 9.57. The molecule has 3 nitrogen and oxygen atoms in total. The highest BCUT2D eigenvalue weighted by Gasteiger charge is 2.21. The fourth-order valence-corrected chi connectivity index (χ4v) is 2.89. The summed E-state index contributed by atoms with van der Waals surface area (Å²) < 4.78 is 5.87. The van der Waals surface area contributed by atoms with Crippen LogP contribution in [0.4, 0.5) is 0 Å². The minimum Gasteiger partial charge on any atom is -0.478 e. The zero-order valence-electron chi connectivity index (χ0n) is 15.6. The third kappa shape index (κ3) is 5.35. The van der Waals surface area contributed by atoms with E-state index in [1.807, 2.05) is 39.0 Å². The van der Waals surface area contributed by atoms with Crippen molar-refractivity contribution in [2.45, 2.75) is 59.5 Å². The third-order valence-corrected chi connectivity index (χ3v) is 4.57. The number of ether oxygens (including phenoxy) is 1. The molecule has 1 N–H and O–H groups in total. The second-order valence-electron chi connectivity index (χ2n) is 6.77. The molecular weight excluding hydrogens is 312 g/mol. The van der Waals surface area contributed by atoms with E-state index >= 15 is 0 Å². The lowest BCUT2D eigenvalue weighted by atomic mass is 10.0. The second kappa shape index (κ2) is 8.70. The van der Waals surface area contributed by atoms with Crippen LogP contribution in [-0.4, -0.2) is 17.2 Å². The van der Waals surface area contributed by atoms with Gasteiger partial charge in [-0.25, -0.2) is 4.79 Å². The van der Waals surface area contributed by atoms with Gasteiger partial charge in [0, 0.05) is 6.42 Å². The summed E-state index contributed by atoms with van der Waals surface area (Å²) in [6, 6.07) is 12.2. The van der Waals surface area contributed by atoms with Gasteiger partial charge in [-0.1, -0.05) is 43.7 Å². The monoisotopic (exact) mass is 340 g/mol. The Morgan fingerprint density at radius 3 is 2.32 bits per heavy atom. The van der Waals surface area contributed by atoms with Crippen molar-refractivity contribution < 1.29 is 14.6 Å². The first-order chi connectivity index (χ1) is 11.9. The molecule has 0 radical (unpaired) electrons. The van der Waals surface area contributed by atoms with Crippen LogP contribution >= 0.6 is 0 Å². The maximum absolute atomic E-state index is 11.7. The number of benzene rings is 2. The molecule has 0 amide bonds. The predicted molar refractivity (Wildman–Crippen MR) is 101 cm³/mol. The van der Waals surface area contributed by atoms with E-state index in [0.29, 0.717) is 12.2 Å². The van der Waals surface area contributed by atoms with Gasteiger partial charge in [0.25, 0.3) is 0 Å². The van der Waals surface area contributed by atoms with Crippen LogP contribution in [0.25, 0.3) is 0 Å². The molecule has 0 saturated heterocycles. The number of aliphatic carboxylic acids is 1. The molecule has 0 spiro atoms. The van der Waals surface area contributed by atoms with Crippen LogP contribution < -0.4 is 4.74 Å². The van der Waals surface area contributed by atoms with E-state index < -0.39 is 12.1 Å². The Hall–Kier alpha value is -2.29. The first-order valence-electron chi connectivity index (χ1n) is 8.95. The van der Waals surface area contributed by atoms with E-state index in [1.54, 1.807) is 0 Å². The lowest BCUT2D eigenvalue weighted by Gasteiger charge is -2.18. The summed E-state index contributed by atoms with van der Waals surface area (Å²) >= 11 is 0. The SMILES string of the molecule is CCCCc1ccc(CC(Oc2cc(C)cc(C)c2C)C(=O)O)cc1. The van der Waals surface area contributed by atoms with Crippen molar-refractivity contribution in [3.8, 4) is 5.75 Å². The fraction of sp³-hybridized carbons (Fsp3) is 0.409. The van der Waals surface area contributed by atoms with Crippen molar-refractivity contribution in [1.29, 1.82) is 0 Å². The number of hydrogen-bond donors (Lipinski definition) is 1. The molecule has 0 saturated carbocycles. The second-order valence-corrected chi connectivity index (χ2v) is 6.77. The molecule has 0 heterocycles. The molecule has 3 heteroatoms. The smallest absolute Gasteiger partial charge is 0.345 e. The van der Waals surface area contributed by atoms with E-state index in [9.17, 15) is 9.90 Å². The Balaban J connectivity index is 2.12. The van der Waals surface area contributed by atoms with E-state index in [0.717, 1.165) is 28.7 Å². The van der Waals surface area contributed by atoms with E-state index in [4.69, 9.17) is 4.74 Å². The van der Waals surface area contributed by atoms with Crippen molar-refractivity contribution in [2.75, 3.05) is 0 Å². The predicted octanol–water partition coefficient (Wildman–Crippen LogP) is 5.03. The average Bonchev–Trinajstić information content (AvgIpc) is 2.57. The highest BCUT2D eigenvalue weighted by atomic mass is 16.5. The molecule has 0 aromatic heterocycles. The summed E-state index contributed by atoms with van der Waals surface area (Å²) in [5.41, 5.74) is 5.45. The Bertz CT molecular complexity index is 717. The Morgan fingerprint density at radius 2 is 1.72 bits per heavy atom. The van der Waals surface area contributed by atoms with Gasteiger partial charge < -0.3 is 9.84 Å². The third-order valence-electron chi connectivity index (χ3n) is 4.57. The zero-order valence-corrected chi connectivity index (χ0v) is 15.6. The van der Waals surface area contributed by atoms with Crippen molar-refractivity contribution in [3.63, 3.8) is 0 Å². The standard InChI is InChI=1S/C22H28O3/c1-5-6-7-18-8-10-19(11-9-18)14-21(22(23)24)25-20-13-15(2)12-16(3)17(20)4/h8-13,21H,5-7,14H2,1-4H3,(H,23,24). The van der Waals surface area contributed by atoms with Crippen LogP contribution in [0.3, 0.4) is 0 Å². The number of hydrogen-bond acceptors (Lipinski definition) is 2. The van der Waals surface area contributed by atoms with Crippen LogP contribution in [-0.2, 0) is 17.6 Å². The van der Waals surface area contributed by atoms with Crippen molar-refractivity contribution in [3.05, 3.63) is 64.2 Å². The van der Waals surface area contributed by atoms with E-state index in [2.05, 4.69) is 25.1 Å². The molecular formula is C22H28O3. The lowest BCUT2D eigenvalue weighted by Crippen LogP contribution is -2.29. The van der Waals surface area contributed by atoms with Crippen LogP contribution in [0.1, 0.15) is 47.6 Å². The van der Waals surface area contributed by atoms with Crippen molar-refractivity contribution >= 4 is 5.97 Å². The maximum Gasteiger partial charge on any atom is 0.345 e. The normalized spacial score (nSPS) is 12.0. The van der Waals surface area contributed by atoms with Crippen molar-refractivity contribution in [1.82, 2.24) is 0 Å². The van der Waals surface area contributed by atoms with Gasteiger partial charge in [-0.3, -0.25) is 0 Å². The summed E-state index contributed by atoms with van der Waals surface area (Å²) in [7, 11) is 0. The highest BCUT2D eigenvalue weighted by Crippen LogP contribution is 2.25. The average molecular weight is 340 g/mol. The van der Waals surface area contributed by atoms with Gasteiger partial charge in [0.2, 0.25) is 0 Å². The van der Waals surface area contributed by atoms with Crippen LogP contribution in [0.5, 0.6) is 5.75 Å². The summed E-state index contributed by atoms with van der Waals surface area (Å²) in [4.78, 5) is 11.7. The summed E-state index contributed by atoms with van der Waals surface area (Å²) in [6.45, 7) is 8.15. The molecule has 0 aliphatic heterocycles. The molecule has 134 valence electrons. The number of unbranched alkanes of at least 4 members (excludes halogenated alkanes) is 1. The highest BCUT2D eigenvalue weighted by molar-refractivity contribution is 5.73. The van der Waals surface area contributed by atoms with Crippen molar-refractivity contribution in [2.24, 2.45) is 0 Å². The van der Waals surface area contributed by atoms with Gasteiger partial charge in [0.1, 0.15) is 5.75 Å². The quantitative estimate of drug-likeness (QED) is 0.733. The largest absolute Gasteiger partial charge is 0.478 e. The molecule has 2 aromatic rings. The number of rotatable bonds is 8. The van der Waals surface area contributed by atoms with Gasteiger partial charge in [0.05, 0.1) is 0 Å². The number of aryl methyl sites for hydroxylation is 3. The zero-order chi connectivity index (χ0) is 18.4. The van der Waals surface area contributed by atoms with Gasteiger partial charge >= 0.3 is 5.97 Å². The molecule has 0 aliphatic rings. The van der Waals surface area contributed by atoms with Gasteiger partial charge in [-0.05, 0) is 67.5 Å². The molecule has 1 unspecified atom stereocenters.